The van der Waals surface area contributed by atoms with E-state index >= 15 is 0 Å². The van der Waals surface area contributed by atoms with E-state index in [1.807, 2.05) is 6.07 Å². The predicted molar refractivity (Wildman–Crippen MR) is 91.2 cm³/mol. The molecule has 4 nitrogen and oxygen atoms in total. The Balaban J connectivity index is 1.62. The van der Waals surface area contributed by atoms with Gasteiger partial charge in [-0.2, -0.15) is 0 Å². The fraction of sp³-hybridized carbons (Fsp3) is 0.0526. The van der Waals surface area contributed by atoms with Crippen molar-refractivity contribution in [1.29, 1.82) is 0 Å². The van der Waals surface area contributed by atoms with Crippen molar-refractivity contribution in [2.24, 2.45) is 0 Å². The summed E-state index contributed by atoms with van der Waals surface area (Å²) in [5.74, 6) is 0.768. The molecule has 1 aliphatic carbocycles. The summed E-state index contributed by atoms with van der Waals surface area (Å²) in [6.45, 7) is 0. The van der Waals surface area contributed by atoms with Crippen molar-refractivity contribution in [2.75, 3.05) is 5.32 Å². The Bertz CT molecular complexity index is 940. The van der Waals surface area contributed by atoms with Gasteiger partial charge in [-0.05, 0) is 28.3 Å². The van der Waals surface area contributed by atoms with Crippen LogP contribution in [0.15, 0.2) is 67.0 Å². The van der Waals surface area contributed by atoms with Crippen LogP contribution in [0.4, 0.5) is 5.95 Å². The van der Waals surface area contributed by atoms with Gasteiger partial charge in [-0.3, -0.25) is 4.98 Å². The molecule has 0 unspecified atom stereocenters. The minimum absolute atomic E-state index is 0.107. The number of pyridine rings is 1. The van der Waals surface area contributed by atoms with Crippen LogP contribution >= 0.6 is 0 Å². The van der Waals surface area contributed by atoms with Gasteiger partial charge in [-0.15, -0.1) is 0 Å². The van der Waals surface area contributed by atoms with Crippen LogP contribution in [-0.4, -0.2) is 15.0 Å². The Morgan fingerprint density at radius 3 is 2.26 bits per heavy atom. The number of aromatic amines is 1. The van der Waals surface area contributed by atoms with Crippen molar-refractivity contribution >= 4 is 17.0 Å². The average molecular weight is 298 g/mol. The first-order valence-electron chi connectivity index (χ1n) is 7.65. The van der Waals surface area contributed by atoms with E-state index in [1.165, 1.54) is 22.3 Å². The number of hydrogen-bond acceptors (Lipinski definition) is 3. The lowest BCUT2D eigenvalue weighted by Crippen LogP contribution is -2.10. The van der Waals surface area contributed by atoms with Gasteiger partial charge in [0.25, 0.3) is 0 Å². The zero-order valence-electron chi connectivity index (χ0n) is 12.3. The normalized spacial score (nSPS) is 13.0. The first-order chi connectivity index (χ1) is 11.4. The van der Waals surface area contributed by atoms with Gasteiger partial charge < -0.3 is 10.3 Å². The molecule has 0 amide bonds. The summed E-state index contributed by atoms with van der Waals surface area (Å²) in [4.78, 5) is 12.0. The number of rotatable bonds is 2. The Labute approximate surface area is 133 Å². The molecular formula is C19H14N4. The molecule has 5 rings (SSSR count). The summed E-state index contributed by atoms with van der Waals surface area (Å²) in [6.07, 6.45) is 3.55. The molecule has 0 spiro atoms. The third-order valence-electron chi connectivity index (χ3n) is 4.40. The SMILES string of the molecule is c1ccc2c(c1)-c1ccccc1C2Nc1nc2ccncc2[nH]1. The Morgan fingerprint density at radius 2 is 1.57 bits per heavy atom. The van der Waals surface area contributed by atoms with E-state index in [0.29, 0.717) is 0 Å². The fourth-order valence-electron chi connectivity index (χ4n) is 3.37. The van der Waals surface area contributed by atoms with E-state index in [1.54, 1.807) is 12.4 Å². The smallest absolute Gasteiger partial charge is 0.201 e. The number of fused-ring (bicyclic) bond motifs is 4. The number of aromatic nitrogens is 3. The summed E-state index contributed by atoms with van der Waals surface area (Å²) >= 11 is 0. The summed E-state index contributed by atoms with van der Waals surface area (Å²) < 4.78 is 0. The second-order valence-corrected chi connectivity index (χ2v) is 5.73. The molecule has 23 heavy (non-hydrogen) atoms. The molecule has 110 valence electrons. The van der Waals surface area contributed by atoms with Gasteiger partial charge in [0.05, 0.1) is 23.3 Å². The lowest BCUT2D eigenvalue weighted by Gasteiger charge is -2.14. The molecular weight excluding hydrogens is 284 g/mol. The number of hydrogen-bond donors (Lipinski definition) is 2. The second-order valence-electron chi connectivity index (χ2n) is 5.73. The van der Waals surface area contributed by atoms with Crippen molar-refractivity contribution < 1.29 is 0 Å². The molecule has 4 aromatic rings. The fourth-order valence-corrected chi connectivity index (χ4v) is 3.37. The van der Waals surface area contributed by atoms with Crippen molar-refractivity contribution in [3.05, 3.63) is 78.1 Å². The van der Waals surface area contributed by atoms with E-state index in [2.05, 4.69) is 68.8 Å². The van der Waals surface area contributed by atoms with Crippen molar-refractivity contribution in [1.82, 2.24) is 15.0 Å². The van der Waals surface area contributed by atoms with E-state index in [0.717, 1.165) is 17.0 Å². The van der Waals surface area contributed by atoms with Crippen LogP contribution in [0.3, 0.4) is 0 Å². The van der Waals surface area contributed by atoms with E-state index in [-0.39, 0.29) is 6.04 Å². The number of nitrogens with zero attached hydrogens (tertiary/aromatic N) is 2. The molecule has 0 saturated carbocycles. The molecule has 0 fully saturated rings. The van der Waals surface area contributed by atoms with E-state index < -0.39 is 0 Å². The number of anilines is 1. The molecule has 0 radical (unpaired) electrons. The molecule has 0 saturated heterocycles. The minimum atomic E-state index is 0.107. The Hall–Kier alpha value is -3.14. The number of nitrogens with one attached hydrogen (secondary N) is 2. The maximum absolute atomic E-state index is 4.62. The van der Waals surface area contributed by atoms with Crippen LogP contribution in [-0.2, 0) is 0 Å². The lowest BCUT2D eigenvalue weighted by molar-refractivity contribution is 0.950. The van der Waals surface area contributed by atoms with Gasteiger partial charge >= 0.3 is 0 Å². The van der Waals surface area contributed by atoms with Gasteiger partial charge in [0.1, 0.15) is 0 Å². The van der Waals surface area contributed by atoms with Gasteiger partial charge in [0.2, 0.25) is 5.95 Å². The first kappa shape index (κ1) is 12.4. The zero-order chi connectivity index (χ0) is 15.2. The zero-order valence-corrected chi connectivity index (χ0v) is 12.3. The Morgan fingerprint density at radius 1 is 0.870 bits per heavy atom. The molecule has 2 N–H and O–H groups in total. The molecule has 0 bridgehead atoms. The van der Waals surface area contributed by atoms with Crippen molar-refractivity contribution in [3.8, 4) is 11.1 Å². The number of benzene rings is 2. The molecule has 1 aliphatic rings. The maximum Gasteiger partial charge on any atom is 0.201 e. The average Bonchev–Trinajstić information content (AvgIpc) is 3.15. The summed E-state index contributed by atoms with van der Waals surface area (Å²) in [7, 11) is 0. The van der Waals surface area contributed by atoms with Gasteiger partial charge in [-0.25, -0.2) is 4.98 Å². The molecule has 2 heterocycles. The van der Waals surface area contributed by atoms with Crippen LogP contribution < -0.4 is 5.32 Å². The van der Waals surface area contributed by atoms with Gasteiger partial charge in [-0.1, -0.05) is 48.5 Å². The minimum Gasteiger partial charge on any atom is -0.345 e. The van der Waals surface area contributed by atoms with Crippen molar-refractivity contribution in [2.45, 2.75) is 6.04 Å². The maximum atomic E-state index is 4.62. The number of H-pyrrole nitrogens is 1. The predicted octanol–water partition coefficient (Wildman–Crippen LogP) is 4.14. The van der Waals surface area contributed by atoms with Crippen LogP contribution in [0.5, 0.6) is 0 Å². The van der Waals surface area contributed by atoms with Gasteiger partial charge in [0, 0.05) is 6.20 Å². The Kier molecular flexibility index (Phi) is 2.52. The van der Waals surface area contributed by atoms with Gasteiger partial charge in [0.15, 0.2) is 0 Å². The lowest BCUT2D eigenvalue weighted by atomic mass is 10.1. The molecule has 2 aromatic heterocycles. The largest absolute Gasteiger partial charge is 0.345 e. The molecule has 0 atom stereocenters. The molecule has 2 aromatic carbocycles. The highest BCUT2D eigenvalue weighted by atomic mass is 15.1. The standard InChI is InChI=1S/C19H14N4/c1-3-7-14-12(5-1)13-6-2-4-8-15(13)18(14)23-19-21-16-9-10-20-11-17(16)22-19/h1-11,18H,(H2,21,22,23). The highest BCUT2D eigenvalue weighted by Gasteiger charge is 2.28. The highest BCUT2D eigenvalue weighted by molar-refractivity contribution is 5.81. The second kappa shape index (κ2) is 4.68. The van der Waals surface area contributed by atoms with Crippen LogP contribution in [0, 0.1) is 0 Å². The highest BCUT2D eigenvalue weighted by Crippen LogP contribution is 2.44. The van der Waals surface area contributed by atoms with Crippen LogP contribution in [0.1, 0.15) is 17.2 Å². The van der Waals surface area contributed by atoms with Crippen LogP contribution in [0.2, 0.25) is 0 Å². The van der Waals surface area contributed by atoms with Crippen molar-refractivity contribution in [3.63, 3.8) is 0 Å². The summed E-state index contributed by atoms with van der Waals surface area (Å²) in [5.41, 5.74) is 7.01. The third-order valence-corrected chi connectivity index (χ3v) is 4.40. The third kappa shape index (κ3) is 1.85. The van der Waals surface area contributed by atoms with Crippen LogP contribution in [0.25, 0.3) is 22.2 Å². The van der Waals surface area contributed by atoms with E-state index in [9.17, 15) is 0 Å². The summed E-state index contributed by atoms with van der Waals surface area (Å²) in [5, 5.41) is 3.55. The first-order valence-corrected chi connectivity index (χ1v) is 7.65. The van der Waals surface area contributed by atoms with E-state index in [4.69, 9.17) is 0 Å². The molecule has 0 aliphatic heterocycles. The number of imidazole rings is 1. The quantitative estimate of drug-likeness (QED) is 0.585. The molecule has 4 heteroatoms. The summed E-state index contributed by atoms with van der Waals surface area (Å²) in [6, 6.07) is 19.1. The topological polar surface area (TPSA) is 53.6 Å². The monoisotopic (exact) mass is 298 g/mol.